The molecule has 6 aromatic carbocycles. The molecule has 4 aromatic heterocycles. The van der Waals surface area contributed by atoms with E-state index in [1.54, 1.807) is 0 Å². The van der Waals surface area contributed by atoms with E-state index < -0.39 is 0 Å². The molecule has 11 rings (SSSR count). The van der Waals surface area contributed by atoms with Crippen LogP contribution in [0.2, 0.25) is 0 Å². The molecule has 1 aliphatic rings. The van der Waals surface area contributed by atoms with Crippen LogP contribution in [0.1, 0.15) is 25.0 Å². The van der Waals surface area contributed by atoms with E-state index >= 15 is 0 Å². The average molecular weight is 681 g/mol. The first-order valence-corrected chi connectivity index (χ1v) is 18.0. The van der Waals surface area contributed by atoms with Crippen molar-refractivity contribution >= 4 is 43.6 Å². The summed E-state index contributed by atoms with van der Waals surface area (Å²) >= 11 is 0. The van der Waals surface area contributed by atoms with Gasteiger partial charge in [0.1, 0.15) is 0 Å². The highest BCUT2D eigenvalue weighted by atomic mass is 15.2. The first kappa shape index (κ1) is 29.8. The van der Waals surface area contributed by atoms with Gasteiger partial charge in [0.05, 0.1) is 34.0 Å². The largest absolute Gasteiger partial charge is 0.307 e. The van der Waals surface area contributed by atoms with E-state index in [2.05, 4.69) is 174 Å². The lowest BCUT2D eigenvalue weighted by atomic mass is 9.80. The molecule has 250 valence electrons. The Bertz CT molecular complexity index is 3000. The van der Waals surface area contributed by atoms with Gasteiger partial charge < -0.3 is 4.57 Å². The number of pyridine rings is 1. The van der Waals surface area contributed by atoms with Crippen molar-refractivity contribution in [3.8, 4) is 45.5 Å². The van der Waals surface area contributed by atoms with Gasteiger partial charge in [0, 0.05) is 44.3 Å². The highest BCUT2D eigenvalue weighted by Crippen LogP contribution is 2.52. The van der Waals surface area contributed by atoms with Crippen molar-refractivity contribution in [2.45, 2.75) is 19.3 Å². The minimum Gasteiger partial charge on any atom is -0.307 e. The van der Waals surface area contributed by atoms with Crippen LogP contribution in [0, 0.1) is 0 Å². The normalized spacial score (nSPS) is 13.2. The summed E-state index contributed by atoms with van der Waals surface area (Å²) in [7, 11) is 0. The van der Waals surface area contributed by atoms with Gasteiger partial charge in [0.2, 0.25) is 5.95 Å². The molecule has 0 amide bonds. The smallest absolute Gasteiger partial charge is 0.238 e. The Morgan fingerprint density at radius 2 is 0.962 bits per heavy atom. The topological polar surface area (TPSA) is 61.4 Å². The minimum atomic E-state index is -0.254. The number of hydrogen-bond donors (Lipinski definition) is 0. The molecule has 0 saturated carbocycles. The molecule has 0 radical (unpaired) electrons. The summed E-state index contributed by atoms with van der Waals surface area (Å²) in [5, 5.41) is 4.63. The second-order valence-corrected chi connectivity index (χ2v) is 14.3. The molecule has 10 aromatic rings. The molecule has 0 N–H and O–H groups in total. The van der Waals surface area contributed by atoms with Crippen molar-refractivity contribution in [3.05, 3.63) is 169 Å². The quantitative estimate of drug-likeness (QED) is 0.186. The zero-order valence-corrected chi connectivity index (χ0v) is 29.2. The van der Waals surface area contributed by atoms with Crippen LogP contribution in [0.15, 0.2) is 158 Å². The summed E-state index contributed by atoms with van der Waals surface area (Å²) < 4.78 is 4.48. The Morgan fingerprint density at radius 1 is 0.434 bits per heavy atom. The maximum atomic E-state index is 5.42. The summed E-state index contributed by atoms with van der Waals surface area (Å²) in [6, 6.07) is 51.3. The van der Waals surface area contributed by atoms with Gasteiger partial charge >= 0.3 is 0 Å². The lowest BCUT2D eigenvalue weighted by Gasteiger charge is -2.24. The van der Waals surface area contributed by atoms with Gasteiger partial charge in [-0.3, -0.25) is 9.55 Å². The van der Waals surface area contributed by atoms with Crippen LogP contribution >= 0.6 is 0 Å². The molecular weight excluding hydrogens is 649 g/mol. The second-order valence-electron chi connectivity index (χ2n) is 14.3. The van der Waals surface area contributed by atoms with Crippen LogP contribution < -0.4 is 0 Å². The highest BCUT2D eigenvalue weighted by molar-refractivity contribution is 6.10. The molecule has 0 unspecified atom stereocenters. The van der Waals surface area contributed by atoms with Crippen molar-refractivity contribution in [2.75, 3.05) is 0 Å². The third-order valence-electron chi connectivity index (χ3n) is 11.1. The molecule has 0 saturated heterocycles. The standard InChI is InChI=1S/C47H32N6/c1-47(2)37-21-8-3-14-29(37)34-19-13-20-36(43(34)47)45-49-44(50-46(51-45)53-39-23-10-5-15-30(39)31-16-6-11-24-40(31)53)35-18-7-12-25-41(35)52-38-22-9-4-17-32(38)33-26-27-48-28-42(33)52/h3-28H,1-2H3. The molecule has 1 aliphatic carbocycles. The van der Waals surface area contributed by atoms with Crippen molar-refractivity contribution in [3.63, 3.8) is 0 Å². The third kappa shape index (κ3) is 4.20. The third-order valence-corrected chi connectivity index (χ3v) is 11.1. The lowest BCUT2D eigenvalue weighted by Crippen LogP contribution is -2.17. The van der Waals surface area contributed by atoms with Gasteiger partial charge in [-0.1, -0.05) is 123 Å². The molecule has 4 heterocycles. The first-order chi connectivity index (χ1) is 26.1. The lowest BCUT2D eigenvalue weighted by molar-refractivity contribution is 0.661. The Labute approximate surface area is 305 Å². The number of fused-ring (bicyclic) bond motifs is 9. The maximum Gasteiger partial charge on any atom is 0.238 e. The zero-order chi connectivity index (χ0) is 35.3. The fourth-order valence-corrected chi connectivity index (χ4v) is 8.81. The van der Waals surface area contributed by atoms with Crippen molar-refractivity contribution in [1.29, 1.82) is 0 Å². The van der Waals surface area contributed by atoms with Crippen LogP contribution in [0.5, 0.6) is 0 Å². The monoisotopic (exact) mass is 680 g/mol. The average Bonchev–Trinajstić information content (AvgIpc) is 3.81. The summed E-state index contributed by atoms with van der Waals surface area (Å²) in [4.78, 5) is 20.7. The molecule has 0 aliphatic heterocycles. The van der Waals surface area contributed by atoms with Crippen LogP contribution in [0.3, 0.4) is 0 Å². The first-order valence-electron chi connectivity index (χ1n) is 18.0. The Balaban J connectivity index is 1.24. The van der Waals surface area contributed by atoms with Gasteiger partial charge in [-0.2, -0.15) is 9.97 Å². The molecule has 6 nitrogen and oxygen atoms in total. The van der Waals surface area contributed by atoms with E-state index in [0.29, 0.717) is 17.6 Å². The Kier molecular flexibility index (Phi) is 6.20. The number of benzene rings is 6. The van der Waals surface area contributed by atoms with Crippen LogP contribution in [-0.4, -0.2) is 29.1 Å². The van der Waals surface area contributed by atoms with Crippen LogP contribution in [0.25, 0.3) is 89.2 Å². The second kappa shape index (κ2) is 11.0. The van der Waals surface area contributed by atoms with E-state index in [1.807, 2.05) is 12.4 Å². The summed E-state index contributed by atoms with van der Waals surface area (Å²) in [6.07, 6.45) is 3.81. The van der Waals surface area contributed by atoms with E-state index in [9.17, 15) is 0 Å². The predicted molar refractivity (Wildman–Crippen MR) is 215 cm³/mol. The van der Waals surface area contributed by atoms with Crippen LogP contribution in [-0.2, 0) is 5.41 Å². The van der Waals surface area contributed by atoms with Gasteiger partial charge in [-0.25, -0.2) is 4.98 Å². The maximum absolute atomic E-state index is 5.42. The predicted octanol–water partition coefficient (Wildman–Crippen LogP) is 11.1. The van der Waals surface area contributed by atoms with Crippen molar-refractivity contribution in [1.82, 2.24) is 29.1 Å². The van der Waals surface area contributed by atoms with E-state index in [1.165, 1.54) is 27.6 Å². The summed E-state index contributed by atoms with van der Waals surface area (Å²) in [5.41, 5.74) is 11.9. The number of hydrogen-bond acceptors (Lipinski definition) is 4. The molecule has 0 spiro atoms. The van der Waals surface area contributed by atoms with Gasteiger partial charge in [0.25, 0.3) is 0 Å². The van der Waals surface area contributed by atoms with Gasteiger partial charge in [0.15, 0.2) is 11.6 Å². The van der Waals surface area contributed by atoms with Crippen LogP contribution in [0.4, 0.5) is 0 Å². The highest BCUT2D eigenvalue weighted by Gasteiger charge is 2.38. The summed E-state index contributed by atoms with van der Waals surface area (Å²) in [5.74, 6) is 1.82. The van der Waals surface area contributed by atoms with E-state index in [-0.39, 0.29) is 5.41 Å². The Hall–Kier alpha value is -6.92. The number of para-hydroxylation sites is 4. The fraction of sp³-hybridized carbons (Fsp3) is 0.0638. The molecule has 0 fully saturated rings. The summed E-state index contributed by atoms with van der Waals surface area (Å²) in [6.45, 7) is 4.62. The van der Waals surface area contributed by atoms with E-state index in [4.69, 9.17) is 15.0 Å². The molecule has 0 bridgehead atoms. The zero-order valence-electron chi connectivity index (χ0n) is 29.2. The fourth-order valence-electron chi connectivity index (χ4n) is 8.81. The van der Waals surface area contributed by atoms with E-state index in [0.717, 1.165) is 55.0 Å². The Morgan fingerprint density at radius 3 is 1.68 bits per heavy atom. The molecule has 53 heavy (non-hydrogen) atoms. The number of nitrogens with zero attached hydrogens (tertiary/aromatic N) is 6. The number of rotatable bonds is 4. The molecular formula is C47H32N6. The van der Waals surface area contributed by atoms with Crippen molar-refractivity contribution < 1.29 is 0 Å². The minimum absolute atomic E-state index is 0.254. The molecule has 0 atom stereocenters. The van der Waals surface area contributed by atoms with Gasteiger partial charge in [-0.15, -0.1) is 0 Å². The number of aromatic nitrogens is 6. The SMILES string of the molecule is CC1(C)c2ccccc2-c2cccc(-c3nc(-c4ccccc4-n4c5ccccc5c5ccncc54)nc(-n4c5ccccc5c5ccccc54)n3)c21. The van der Waals surface area contributed by atoms with Crippen molar-refractivity contribution in [2.24, 2.45) is 0 Å². The molecule has 6 heteroatoms. The van der Waals surface area contributed by atoms with Gasteiger partial charge in [-0.05, 0) is 58.7 Å².